The zero-order chi connectivity index (χ0) is 14.0. The average Bonchev–Trinajstić information content (AvgIpc) is 2.30. The van der Waals surface area contributed by atoms with Gasteiger partial charge in [0.05, 0.1) is 6.04 Å². The quantitative estimate of drug-likeness (QED) is 0.906. The third-order valence-electron chi connectivity index (χ3n) is 3.49. The van der Waals surface area contributed by atoms with Crippen LogP contribution < -0.4 is 10.2 Å². The summed E-state index contributed by atoms with van der Waals surface area (Å²) in [4.78, 5) is 14.5. The molecule has 3 nitrogen and oxygen atoms in total. The van der Waals surface area contributed by atoms with E-state index < -0.39 is 0 Å². The third kappa shape index (κ3) is 3.35. The van der Waals surface area contributed by atoms with Crippen LogP contribution in [0.4, 0.5) is 5.69 Å². The van der Waals surface area contributed by atoms with Gasteiger partial charge < -0.3 is 10.2 Å². The first-order valence-corrected chi connectivity index (χ1v) is 7.13. The van der Waals surface area contributed by atoms with Gasteiger partial charge in [-0.1, -0.05) is 19.9 Å². The number of benzene rings is 1. The van der Waals surface area contributed by atoms with Gasteiger partial charge in [0.2, 0.25) is 5.91 Å². The Kier molecular flexibility index (Phi) is 4.25. The molecule has 0 aliphatic carbocycles. The van der Waals surface area contributed by atoms with Crippen molar-refractivity contribution in [1.29, 1.82) is 0 Å². The first-order chi connectivity index (χ1) is 8.97. The summed E-state index contributed by atoms with van der Waals surface area (Å²) in [5.74, 6) is 0.213. The first kappa shape index (κ1) is 14.1. The van der Waals surface area contributed by atoms with Crippen molar-refractivity contribution < 1.29 is 4.79 Å². The number of aryl methyl sites for hydroxylation is 2. The van der Waals surface area contributed by atoms with Crippen molar-refractivity contribution in [2.24, 2.45) is 0 Å². The molecule has 0 spiro atoms. The first-order valence-electron chi connectivity index (χ1n) is 7.13. The molecule has 0 bridgehead atoms. The smallest absolute Gasteiger partial charge is 0.244 e. The Morgan fingerprint density at radius 3 is 2.42 bits per heavy atom. The van der Waals surface area contributed by atoms with Gasteiger partial charge in [-0.2, -0.15) is 0 Å². The highest BCUT2D eigenvalue weighted by atomic mass is 16.2. The van der Waals surface area contributed by atoms with Crippen LogP contribution in [0.3, 0.4) is 0 Å². The van der Waals surface area contributed by atoms with Crippen molar-refractivity contribution in [3.8, 4) is 0 Å². The summed E-state index contributed by atoms with van der Waals surface area (Å²) in [6, 6.07) is 6.65. The van der Waals surface area contributed by atoms with Crippen LogP contribution in [0.15, 0.2) is 18.2 Å². The topological polar surface area (TPSA) is 32.3 Å². The second kappa shape index (κ2) is 5.74. The number of amides is 1. The van der Waals surface area contributed by atoms with Gasteiger partial charge in [0, 0.05) is 18.3 Å². The number of piperidine rings is 1. The van der Waals surface area contributed by atoms with Gasteiger partial charge in [0.15, 0.2) is 0 Å². The summed E-state index contributed by atoms with van der Waals surface area (Å²) < 4.78 is 0. The molecule has 1 unspecified atom stereocenters. The van der Waals surface area contributed by atoms with E-state index in [1.165, 1.54) is 11.1 Å². The van der Waals surface area contributed by atoms with E-state index in [1.54, 1.807) is 0 Å². The molecular weight excluding hydrogens is 236 g/mol. The number of hydrogen-bond donors (Lipinski definition) is 1. The molecule has 2 rings (SSSR count). The fourth-order valence-corrected chi connectivity index (χ4v) is 2.80. The van der Waals surface area contributed by atoms with E-state index in [9.17, 15) is 4.79 Å². The molecule has 0 radical (unpaired) electrons. The van der Waals surface area contributed by atoms with Crippen LogP contribution in [0, 0.1) is 13.8 Å². The summed E-state index contributed by atoms with van der Waals surface area (Å²) >= 11 is 0. The Balaban J connectivity index is 2.21. The Bertz CT molecular complexity index is 448. The van der Waals surface area contributed by atoms with Crippen LogP contribution in [-0.4, -0.2) is 24.5 Å². The molecule has 1 fully saturated rings. The maximum absolute atomic E-state index is 12.5. The lowest BCUT2D eigenvalue weighted by molar-refractivity contribution is -0.121. The Morgan fingerprint density at radius 1 is 1.21 bits per heavy atom. The highest BCUT2D eigenvalue weighted by Gasteiger charge is 2.29. The fourth-order valence-electron chi connectivity index (χ4n) is 2.80. The van der Waals surface area contributed by atoms with Crippen LogP contribution in [0.2, 0.25) is 0 Å². The van der Waals surface area contributed by atoms with Crippen molar-refractivity contribution in [3.63, 3.8) is 0 Å². The standard InChI is InChI=1S/C16H24N2O/c1-11(2)17-15-6-5-7-18(16(15)19)14-9-12(3)8-13(4)10-14/h8-11,15,17H,5-7H2,1-4H3. The third-order valence-corrected chi connectivity index (χ3v) is 3.49. The van der Waals surface area contributed by atoms with Crippen molar-refractivity contribution in [2.45, 2.75) is 52.6 Å². The van der Waals surface area contributed by atoms with E-state index in [1.807, 2.05) is 4.90 Å². The number of nitrogens with one attached hydrogen (secondary N) is 1. The molecule has 104 valence electrons. The van der Waals surface area contributed by atoms with Gasteiger partial charge in [-0.15, -0.1) is 0 Å². The maximum atomic E-state index is 12.5. The predicted molar refractivity (Wildman–Crippen MR) is 79.6 cm³/mol. The SMILES string of the molecule is Cc1cc(C)cc(N2CCCC(NC(C)C)C2=O)c1. The van der Waals surface area contributed by atoms with E-state index >= 15 is 0 Å². The number of carbonyl (C=O) groups is 1. The van der Waals surface area contributed by atoms with Gasteiger partial charge in [-0.3, -0.25) is 4.79 Å². The zero-order valence-electron chi connectivity index (χ0n) is 12.4. The Hall–Kier alpha value is -1.35. The maximum Gasteiger partial charge on any atom is 0.244 e. The molecule has 1 heterocycles. The van der Waals surface area contributed by atoms with Gasteiger partial charge >= 0.3 is 0 Å². The minimum Gasteiger partial charge on any atom is -0.311 e. The van der Waals surface area contributed by atoms with Crippen LogP contribution in [-0.2, 0) is 4.79 Å². The lowest BCUT2D eigenvalue weighted by atomic mass is 10.0. The van der Waals surface area contributed by atoms with Crippen molar-refractivity contribution >= 4 is 11.6 Å². The lowest BCUT2D eigenvalue weighted by Gasteiger charge is -2.34. The van der Waals surface area contributed by atoms with E-state index in [2.05, 4.69) is 51.2 Å². The molecular formula is C16H24N2O. The van der Waals surface area contributed by atoms with Crippen LogP contribution in [0.5, 0.6) is 0 Å². The van der Waals surface area contributed by atoms with E-state index in [0.29, 0.717) is 6.04 Å². The van der Waals surface area contributed by atoms with Gasteiger partial charge in [-0.05, 0) is 49.9 Å². The Morgan fingerprint density at radius 2 is 1.84 bits per heavy atom. The van der Waals surface area contributed by atoms with E-state index in [4.69, 9.17) is 0 Å². The highest BCUT2D eigenvalue weighted by molar-refractivity contribution is 5.98. The number of nitrogens with zero attached hydrogens (tertiary/aromatic N) is 1. The summed E-state index contributed by atoms with van der Waals surface area (Å²) in [6.45, 7) is 9.16. The van der Waals surface area contributed by atoms with Crippen LogP contribution >= 0.6 is 0 Å². The molecule has 3 heteroatoms. The van der Waals surface area contributed by atoms with Gasteiger partial charge in [-0.25, -0.2) is 0 Å². The molecule has 1 N–H and O–H groups in total. The summed E-state index contributed by atoms with van der Waals surface area (Å²) in [6.07, 6.45) is 2.00. The Labute approximate surface area is 116 Å². The molecule has 1 aromatic rings. The molecule has 1 atom stereocenters. The highest BCUT2D eigenvalue weighted by Crippen LogP contribution is 2.23. The molecule has 1 saturated heterocycles. The number of rotatable bonds is 3. The van der Waals surface area contributed by atoms with Gasteiger partial charge in [0.1, 0.15) is 0 Å². The molecule has 0 saturated carbocycles. The molecule has 1 amide bonds. The van der Waals surface area contributed by atoms with E-state index in [-0.39, 0.29) is 11.9 Å². The fraction of sp³-hybridized carbons (Fsp3) is 0.562. The van der Waals surface area contributed by atoms with Crippen LogP contribution in [0.25, 0.3) is 0 Å². The molecule has 0 aromatic heterocycles. The summed E-state index contributed by atoms with van der Waals surface area (Å²) in [5, 5.41) is 3.37. The van der Waals surface area contributed by atoms with Crippen molar-refractivity contribution in [3.05, 3.63) is 29.3 Å². The minimum absolute atomic E-state index is 0.0328. The van der Waals surface area contributed by atoms with Crippen molar-refractivity contribution in [1.82, 2.24) is 5.32 Å². The van der Waals surface area contributed by atoms with Crippen molar-refractivity contribution in [2.75, 3.05) is 11.4 Å². The molecule has 1 aliphatic heterocycles. The number of hydrogen-bond acceptors (Lipinski definition) is 2. The monoisotopic (exact) mass is 260 g/mol. The summed E-state index contributed by atoms with van der Waals surface area (Å²) in [5.41, 5.74) is 3.46. The van der Waals surface area contributed by atoms with E-state index in [0.717, 1.165) is 25.1 Å². The number of anilines is 1. The van der Waals surface area contributed by atoms with Crippen LogP contribution in [0.1, 0.15) is 37.8 Å². The largest absolute Gasteiger partial charge is 0.311 e. The molecule has 1 aromatic carbocycles. The lowest BCUT2D eigenvalue weighted by Crippen LogP contribution is -2.52. The molecule has 19 heavy (non-hydrogen) atoms. The summed E-state index contributed by atoms with van der Waals surface area (Å²) in [7, 11) is 0. The minimum atomic E-state index is -0.0328. The normalized spacial score (nSPS) is 20.2. The van der Waals surface area contributed by atoms with Gasteiger partial charge in [0.25, 0.3) is 0 Å². The predicted octanol–water partition coefficient (Wildman–Crippen LogP) is 2.80. The average molecular weight is 260 g/mol. The second-order valence-electron chi connectivity index (χ2n) is 5.85. The molecule has 1 aliphatic rings. The second-order valence-corrected chi connectivity index (χ2v) is 5.85. The number of carbonyl (C=O) groups excluding carboxylic acids is 1. The zero-order valence-corrected chi connectivity index (χ0v) is 12.4.